The highest BCUT2D eigenvalue weighted by Gasteiger charge is 2.13. The lowest BCUT2D eigenvalue weighted by Crippen LogP contribution is -2.27. The van der Waals surface area contributed by atoms with E-state index in [1.165, 1.54) is 11.1 Å². The first-order valence-electron chi connectivity index (χ1n) is 7.31. The van der Waals surface area contributed by atoms with Gasteiger partial charge in [-0.05, 0) is 30.9 Å². The van der Waals surface area contributed by atoms with Crippen LogP contribution in [0.5, 0.6) is 0 Å². The van der Waals surface area contributed by atoms with Gasteiger partial charge in [-0.15, -0.1) is 0 Å². The van der Waals surface area contributed by atoms with Crippen molar-refractivity contribution >= 4 is 5.91 Å². The van der Waals surface area contributed by atoms with Crippen LogP contribution in [0.3, 0.4) is 0 Å². The van der Waals surface area contributed by atoms with Crippen LogP contribution < -0.4 is 5.32 Å². The van der Waals surface area contributed by atoms with E-state index in [0.29, 0.717) is 12.2 Å². The summed E-state index contributed by atoms with van der Waals surface area (Å²) in [6.07, 6.45) is 3.89. The average Bonchev–Trinajstić information content (AvgIpc) is 2.92. The standard InChI is InChI=1S/C16H22N4O/c1-4-13-5-7-14(8-6-13)9-10-15(21)18-12(2)16-17-11-20(3)19-16/h5-8,11-12H,4,9-10H2,1-3H3,(H,18,21)/t12-/m0/s1. The molecule has 1 heterocycles. The zero-order chi connectivity index (χ0) is 15.2. The Morgan fingerprint density at radius 2 is 1.95 bits per heavy atom. The Morgan fingerprint density at radius 3 is 2.52 bits per heavy atom. The van der Waals surface area contributed by atoms with E-state index in [9.17, 15) is 4.79 Å². The third kappa shape index (κ3) is 4.41. The number of nitrogens with zero attached hydrogens (tertiary/aromatic N) is 3. The van der Waals surface area contributed by atoms with Gasteiger partial charge in [0, 0.05) is 13.5 Å². The highest BCUT2D eigenvalue weighted by molar-refractivity contribution is 5.76. The minimum atomic E-state index is -0.166. The number of rotatable bonds is 6. The molecule has 0 saturated carbocycles. The number of aromatic nitrogens is 3. The van der Waals surface area contributed by atoms with Gasteiger partial charge in [0.15, 0.2) is 5.82 Å². The monoisotopic (exact) mass is 286 g/mol. The van der Waals surface area contributed by atoms with Crippen molar-refractivity contribution in [3.05, 3.63) is 47.5 Å². The molecule has 1 aromatic carbocycles. The number of carbonyl (C=O) groups is 1. The zero-order valence-corrected chi connectivity index (χ0v) is 12.8. The molecule has 5 heteroatoms. The molecule has 2 aromatic rings. The van der Waals surface area contributed by atoms with Crippen molar-refractivity contribution < 1.29 is 4.79 Å². The molecule has 0 fully saturated rings. The van der Waals surface area contributed by atoms with Crippen LogP contribution in [-0.4, -0.2) is 20.7 Å². The van der Waals surface area contributed by atoms with E-state index in [2.05, 4.69) is 46.6 Å². The summed E-state index contributed by atoms with van der Waals surface area (Å²) in [7, 11) is 1.81. The number of hydrogen-bond acceptors (Lipinski definition) is 3. The first-order valence-corrected chi connectivity index (χ1v) is 7.31. The molecule has 0 aliphatic rings. The third-order valence-corrected chi connectivity index (χ3v) is 3.45. The number of carbonyl (C=O) groups excluding carboxylic acids is 1. The molecule has 112 valence electrons. The molecule has 5 nitrogen and oxygen atoms in total. The van der Waals surface area contributed by atoms with E-state index in [4.69, 9.17) is 0 Å². The maximum Gasteiger partial charge on any atom is 0.220 e. The molecule has 0 bridgehead atoms. The Kier molecular flexibility index (Phi) is 5.09. The van der Waals surface area contributed by atoms with Gasteiger partial charge < -0.3 is 5.32 Å². The van der Waals surface area contributed by atoms with E-state index in [0.717, 1.165) is 12.8 Å². The fourth-order valence-electron chi connectivity index (χ4n) is 2.13. The molecule has 1 atom stereocenters. The molecule has 0 spiro atoms. The summed E-state index contributed by atoms with van der Waals surface area (Å²) in [6.45, 7) is 4.03. The maximum absolute atomic E-state index is 12.0. The van der Waals surface area contributed by atoms with Crippen LogP contribution in [0.25, 0.3) is 0 Å². The second-order valence-corrected chi connectivity index (χ2v) is 5.24. The van der Waals surface area contributed by atoms with Gasteiger partial charge >= 0.3 is 0 Å². The first-order chi connectivity index (χ1) is 10.1. The summed E-state index contributed by atoms with van der Waals surface area (Å²) in [5, 5.41) is 7.12. The van der Waals surface area contributed by atoms with Crippen molar-refractivity contribution in [2.45, 2.75) is 39.2 Å². The van der Waals surface area contributed by atoms with Gasteiger partial charge in [0.25, 0.3) is 0 Å². The normalized spacial score (nSPS) is 12.1. The van der Waals surface area contributed by atoms with Gasteiger partial charge in [0.1, 0.15) is 6.33 Å². The summed E-state index contributed by atoms with van der Waals surface area (Å²) < 4.78 is 1.63. The van der Waals surface area contributed by atoms with Crippen LogP contribution in [0.2, 0.25) is 0 Å². The van der Waals surface area contributed by atoms with Crippen LogP contribution in [-0.2, 0) is 24.7 Å². The highest BCUT2D eigenvalue weighted by Crippen LogP contribution is 2.09. The second kappa shape index (κ2) is 7.02. The van der Waals surface area contributed by atoms with Crippen molar-refractivity contribution in [1.29, 1.82) is 0 Å². The summed E-state index contributed by atoms with van der Waals surface area (Å²) in [6, 6.07) is 8.26. The number of aryl methyl sites for hydroxylation is 3. The molecule has 0 aliphatic heterocycles. The fourth-order valence-corrected chi connectivity index (χ4v) is 2.13. The molecule has 0 aliphatic carbocycles. The third-order valence-electron chi connectivity index (χ3n) is 3.45. The van der Waals surface area contributed by atoms with Gasteiger partial charge in [0.05, 0.1) is 6.04 Å². The predicted molar refractivity (Wildman–Crippen MR) is 81.7 cm³/mol. The zero-order valence-electron chi connectivity index (χ0n) is 12.8. The SMILES string of the molecule is CCc1ccc(CCC(=O)N[C@@H](C)c2ncn(C)n2)cc1. The van der Waals surface area contributed by atoms with Gasteiger partial charge in [-0.25, -0.2) is 4.98 Å². The first kappa shape index (κ1) is 15.2. The van der Waals surface area contributed by atoms with Gasteiger partial charge in [-0.3, -0.25) is 9.48 Å². The van der Waals surface area contributed by atoms with E-state index < -0.39 is 0 Å². The van der Waals surface area contributed by atoms with E-state index in [1.807, 2.05) is 14.0 Å². The minimum absolute atomic E-state index is 0.0227. The Labute approximate surface area is 125 Å². The molecular weight excluding hydrogens is 264 g/mol. The predicted octanol–water partition coefficient (Wildman–Crippen LogP) is 2.19. The molecule has 0 radical (unpaired) electrons. The summed E-state index contributed by atoms with van der Waals surface area (Å²) in [4.78, 5) is 16.1. The van der Waals surface area contributed by atoms with Crippen molar-refractivity contribution in [1.82, 2.24) is 20.1 Å². The molecule has 1 amide bonds. The number of hydrogen-bond donors (Lipinski definition) is 1. The molecule has 1 aromatic heterocycles. The van der Waals surface area contributed by atoms with Gasteiger partial charge in [-0.1, -0.05) is 31.2 Å². The molecular formula is C16H22N4O. The maximum atomic E-state index is 12.0. The van der Waals surface area contributed by atoms with E-state index >= 15 is 0 Å². The van der Waals surface area contributed by atoms with Crippen molar-refractivity contribution in [3.8, 4) is 0 Å². The molecule has 1 N–H and O–H groups in total. The summed E-state index contributed by atoms with van der Waals surface area (Å²) in [5.41, 5.74) is 2.50. The molecule has 0 saturated heterocycles. The fraction of sp³-hybridized carbons (Fsp3) is 0.438. The van der Waals surface area contributed by atoms with Gasteiger partial charge in [0.2, 0.25) is 5.91 Å². The van der Waals surface area contributed by atoms with E-state index in [1.54, 1.807) is 11.0 Å². The van der Waals surface area contributed by atoms with Crippen LogP contribution in [0.4, 0.5) is 0 Å². The Bertz CT molecular complexity index is 589. The summed E-state index contributed by atoms with van der Waals surface area (Å²) >= 11 is 0. The van der Waals surface area contributed by atoms with Crippen molar-refractivity contribution in [2.24, 2.45) is 7.05 Å². The van der Waals surface area contributed by atoms with Crippen LogP contribution in [0.15, 0.2) is 30.6 Å². The number of benzene rings is 1. The molecule has 2 rings (SSSR count). The lowest BCUT2D eigenvalue weighted by molar-refractivity contribution is -0.121. The number of amides is 1. The lowest BCUT2D eigenvalue weighted by atomic mass is 10.1. The average molecular weight is 286 g/mol. The largest absolute Gasteiger partial charge is 0.346 e. The quantitative estimate of drug-likeness (QED) is 0.885. The topological polar surface area (TPSA) is 59.8 Å². The Hall–Kier alpha value is -2.17. The van der Waals surface area contributed by atoms with Crippen LogP contribution >= 0.6 is 0 Å². The number of nitrogens with one attached hydrogen (secondary N) is 1. The molecule has 21 heavy (non-hydrogen) atoms. The smallest absolute Gasteiger partial charge is 0.220 e. The Balaban J connectivity index is 1.81. The van der Waals surface area contributed by atoms with E-state index in [-0.39, 0.29) is 11.9 Å². The summed E-state index contributed by atoms with van der Waals surface area (Å²) in [5.74, 6) is 0.660. The van der Waals surface area contributed by atoms with Gasteiger partial charge in [-0.2, -0.15) is 5.10 Å². The second-order valence-electron chi connectivity index (χ2n) is 5.24. The van der Waals surface area contributed by atoms with Crippen molar-refractivity contribution in [2.75, 3.05) is 0 Å². The van der Waals surface area contributed by atoms with Crippen molar-refractivity contribution in [3.63, 3.8) is 0 Å². The van der Waals surface area contributed by atoms with Crippen LogP contribution in [0.1, 0.15) is 43.3 Å². The minimum Gasteiger partial charge on any atom is -0.346 e. The van der Waals surface area contributed by atoms with Crippen LogP contribution in [0, 0.1) is 0 Å². The highest BCUT2D eigenvalue weighted by atomic mass is 16.1. The lowest BCUT2D eigenvalue weighted by Gasteiger charge is -2.10. The molecule has 0 unspecified atom stereocenters. The Morgan fingerprint density at radius 1 is 1.29 bits per heavy atom.